The Morgan fingerprint density at radius 1 is 1.19 bits per heavy atom. The number of nitrogens with zero attached hydrogens (tertiary/aromatic N) is 4. The number of nitrogens with one attached hydrogen (secondary N) is 1. The largest absolute Gasteiger partial charge is 0.365 e. The number of thiazole rings is 1. The van der Waals surface area contributed by atoms with E-state index >= 15 is 0 Å². The highest BCUT2D eigenvalue weighted by Gasteiger charge is 2.21. The van der Waals surface area contributed by atoms with Gasteiger partial charge in [0.25, 0.3) is 5.91 Å². The second kappa shape index (κ2) is 7.76. The van der Waals surface area contributed by atoms with E-state index in [0.717, 1.165) is 5.69 Å². The lowest BCUT2D eigenvalue weighted by molar-refractivity contribution is 0.100. The van der Waals surface area contributed by atoms with Crippen molar-refractivity contribution in [2.45, 2.75) is 19.9 Å². The van der Waals surface area contributed by atoms with Crippen LogP contribution in [0.2, 0.25) is 5.02 Å². The van der Waals surface area contributed by atoms with Crippen LogP contribution in [0, 0.1) is 5.92 Å². The third-order valence-corrected chi connectivity index (χ3v) is 5.06. The summed E-state index contributed by atoms with van der Waals surface area (Å²) in [5.74, 6) is 0.184. The van der Waals surface area contributed by atoms with E-state index in [2.05, 4.69) is 39.1 Å². The molecule has 0 radical (unpaired) electrons. The van der Waals surface area contributed by atoms with Crippen LogP contribution in [0.1, 0.15) is 35.3 Å². The van der Waals surface area contributed by atoms with E-state index in [1.807, 2.05) is 6.07 Å². The zero-order valence-electron chi connectivity index (χ0n) is 14.2. The zero-order valence-corrected chi connectivity index (χ0v) is 15.8. The molecule has 134 valence electrons. The predicted octanol–water partition coefficient (Wildman–Crippen LogP) is 3.56. The number of carbonyl (C=O) groups is 1. The van der Waals surface area contributed by atoms with Gasteiger partial charge in [-0.2, -0.15) is 0 Å². The fourth-order valence-electron chi connectivity index (χ4n) is 2.35. The molecule has 0 saturated heterocycles. The van der Waals surface area contributed by atoms with Crippen LogP contribution in [0.3, 0.4) is 0 Å². The first-order valence-corrected chi connectivity index (χ1v) is 9.10. The minimum Gasteiger partial charge on any atom is -0.365 e. The highest BCUT2D eigenvalue weighted by atomic mass is 35.5. The number of rotatable bonds is 6. The van der Waals surface area contributed by atoms with Gasteiger partial charge >= 0.3 is 0 Å². The van der Waals surface area contributed by atoms with E-state index in [1.165, 1.54) is 17.5 Å². The van der Waals surface area contributed by atoms with Crippen molar-refractivity contribution in [1.82, 2.24) is 19.9 Å². The van der Waals surface area contributed by atoms with Crippen LogP contribution in [0.25, 0.3) is 10.6 Å². The van der Waals surface area contributed by atoms with Gasteiger partial charge < -0.3 is 11.1 Å². The monoisotopic (exact) mass is 388 g/mol. The Morgan fingerprint density at radius 2 is 1.92 bits per heavy atom. The molecule has 0 aliphatic heterocycles. The molecule has 3 rings (SSSR count). The number of anilines is 1. The fourth-order valence-corrected chi connectivity index (χ4v) is 3.33. The van der Waals surface area contributed by atoms with Gasteiger partial charge in [0.1, 0.15) is 9.88 Å². The summed E-state index contributed by atoms with van der Waals surface area (Å²) in [7, 11) is 0. The van der Waals surface area contributed by atoms with Gasteiger partial charge in [0.2, 0.25) is 5.95 Å². The number of amides is 1. The van der Waals surface area contributed by atoms with E-state index in [-0.39, 0.29) is 12.0 Å². The molecule has 3 N–H and O–H groups in total. The topological polar surface area (TPSA) is 107 Å². The molecule has 1 atom stereocenters. The van der Waals surface area contributed by atoms with Crippen LogP contribution >= 0.6 is 22.9 Å². The van der Waals surface area contributed by atoms with Crippen LogP contribution in [-0.4, -0.2) is 25.8 Å². The normalized spacial score (nSPS) is 12.2. The molecule has 0 saturated carbocycles. The van der Waals surface area contributed by atoms with Gasteiger partial charge in [-0.3, -0.25) is 9.78 Å². The summed E-state index contributed by atoms with van der Waals surface area (Å²) in [4.78, 5) is 28.8. The van der Waals surface area contributed by atoms with E-state index in [0.29, 0.717) is 26.4 Å². The number of aromatic nitrogens is 4. The number of hydrogen-bond donors (Lipinski definition) is 2. The molecule has 3 heterocycles. The van der Waals surface area contributed by atoms with Gasteiger partial charge in [0.05, 0.1) is 23.0 Å². The molecular formula is C17H17ClN6OS. The summed E-state index contributed by atoms with van der Waals surface area (Å²) in [6.07, 6.45) is 6.46. The zero-order chi connectivity index (χ0) is 18.7. The van der Waals surface area contributed by atoms with Crippen molar-refractivity contribution >= 4 is 34.8 Å². The second-order valence-electron chi connectivity index (χ2n) is 5.93. The van der Waals surface area contributed by atoms with Gasteiger partial charge in [-0.15, -0.1) is 11.3 Å². The van der Waals surface area contributed by atoms with Crippen molar-refractivity contribution in [3.8, 4) is 10.6 Å². The summed E-state index contributed by atoms with van der Waals surface area (Å²) in [5.41, 5.74) is 6.72. The average Bonchev–Trinajstić information content (AvgIpc) is 3.11. The van der Waals surface area contributed by atoms with Crippen LogP contribution in [0.15, 0.2) is 36.9 Å². The third-order valence-electron chi connectivity index (χ3n) is 3.68. The predicted molar refractivity (Wildman–Crippen MR) is 102 cm³/mol. The van der Waals surface area contributed by atoms with E-state index in [9.17, 15) is 4.79 Å². The highest BCUT2D eigenvalue weighted by Crippen LogP contribution is 2.29. The molecule has 0 aliphatic carbocycles. The molecule has 0 bridgehead atoms. The molecule has 0 unspecified atom stereocenters. The maximum atomic E-state index is 11.2. The molecule has 0 fully saturated rings. The SMILES string of the molecule is CC(C)[C@@H](Nc1ncc(-c2ncc(C(N)=O)s2)cn1)c1ncccc1Cl. The molecule has 0 spiro atoms. The van der Waals surface area contributed by atoms with E-state index in [4.69, 9.17) is 17.3 Å². The maximum absolute atomic E-state index is 11.2. The number of primary amides is 1. The van der Waals surface area contributed by atoms with Crippen molar-refractivity contribution in [2.24, 2.45) is 11.7 Å². The smallest absolute Gasteiger partial charge is 0.260 e. The molecule has 9 heteroatoms. The molecule has 3 aromatic rings. The second-order valence-corrected chi connectivity index (χ2v) is 7.36. The lowest BCUT2D eigenvalue weighted by Crippen LogP contribution is -2.19. The van der Waals surface area contributed by atoms with Crippen molar-refractivity contribution < 1.29 is 4.79 Å². The molecular weight excluding hydrogens is 372 g/mol. The first-order chi connectivity index (χ1) is 12.5. The quantitative estimate of drug-likeness (QED) is 0.668. The number of halogens is 1. The molecule has 0 aromatic carbocycles. The number of pyridine rings is 1. The Kier molecular flexibility index (Phi) is 5.43. The van der Waals surface area contributed by atoms with Crippen LogP contribution in [0.4, 0.5) is 5.95 Å². The van der Waals surface area contributed by atoms with Crippen molar-refractivity contribution in [2.75, 3.05) is 5.32 Å². The third kappa shape index (κ3) is 3.97. The Labute approximate surface area is 159 Å². The average molecular weight is 389 g/mol. The van der Waals surface area contributed by atoms with Crippen molar-refractivity contribution in [1.29, 1.82) is 0 Å². The van der Waals surface area contributed by atoms with Crippen molar-refractivity contribution in [3.05, 3.63) is 52.5 Å². The minimum atomic E-state index is -0.500. The number of carbonyl (C=O) groups excluding carboxylic acids is 1. The van der Waals surface area contributed by atoms with Crippen LogP contribution in [-0.2, 0) is 0 Å². The van der Waals surface area contributed by atoms with Crippen LogP contribution < -0.4 is 11.1 Å². The Bertz CT molecular complexity index is 912. The molecule has 7 nitrogen and oxygen atoms in total. The van der Waals surface area contributed by atoms with Gasteiger partial charge in [-0.05, 0) is 18.1 Å². The first kappa shape index (κ1) is 18.2. The molecule has 1 amide bonds. The Hall–Kier alpha value is -2.58. The Balaban J connectivity index is 1.81. The summed E-state index contributed by atoms with van der Waals surface area (Å²) < 4.78 is 0. The summed E-state index contributed by atoms with van der Waals surface area (Å²) >= 11 is 7.48. The number of hydrogen-bond acceptors (Lipinski definition) is 7. The minimum absolute atomic E-state index is 0.129. The molecule has 3 aromatic heterocycles. The Morgan fingerprint density at radius 3 is 2.50 bits per heavy atom. The lowest BCUT2D eigenvalue weighted by atomic mass is 10.0. The van der Waals surface area contributed by atoms with Crippen LogP contribution in [0.5, 0.6) is 0 Å². The molecule has 0 aliphatic rings. The van der Waals surface area contributed by atoms with Crippen molar-refractivity contribution in [3.63, 3.8) is 0 Å². The highest BCUT2D eigenvalue weighted by molar-refractivity contribution is 7.16. The summed E-state index contributed by atoms with van der Waals surface area (Å²) in [5, 5.41) is 4.51. The first-order valence-electron chi connectivity index (χ1n) is 7.90. The number of nitrogens with two attached hydrogens (primary N) is 1. The van der Waals surface area contributed by atoms with Gasteiger partial charge in [0.15, 0.2) is 0 Å². The van der Waals surface area contributed by atoms with E-state index < -0.39 is 5.91 Å². The maximum Gasteiger partial charge on any atom is 0.260 e. The van der Waals surface area contributed by atoms with Gasteiger partial charge in [-0.1, -0.05) is 25.4 Å². The van der Waals surface area contributed by atoms with Gasteiger partial charge in [0, 0.05) is 24.2 Å². The van der Waals surface area contributed by atoms with Gasteiger partial charge in [-0.25, -0.2) is 15.0 Å². The van der Waals surface area contributed by atoms with E-state index in [1.54, 1.807) is 24.7 Å². The lowest BCUT2D eigenvalue weighted by Gasteiger charge is -2.22. The summed E-state index contributed by atoms with van der Waals surface area (Å²) in [6.45, 7) is 4.13. The summed E-state index contributed by atoms with van der Waals surface area (Å²) in [6, 6.07) is 3.47. The standard InChI is InChI=1S/C17H17ClN6OS/c1-9(2)13(14-11(18)4-3-5-20-14)24-17-22-6-10(7-23-17)16-21-8-12(26-16)15(19)25/h3-9,13H,1-2H3,(H2,19,25)(H,22,23,24)/t13-/m1/s1. The fraction of sp³-hybridized carbons (Fsp3) is 0.235. The molecule has 26 heavy (non-hydrogen) atoms.